The number of carbonyl (C=O) groups is 1. The second kappa shape index (κ2) is 11.6. The summed E-state index contributed by atoms with van der Waals surface area (Å²) in [7, 11) is 0. The van der Waals surface area contributed by atoms with E-state index in [1.54, 1.807) is 23.5 Å². The van der Waals surface area contributed by atoms with E-state index in [1.807, 2.05) is 13.0 Å². The van der Waals surface area contributed by atoms with Crippen LogP contribution in [0.15, 0.2) is 18.2 Å². The van der Waals surface area contributed by atoms with Gasteiger partial charge in [-0.3, -0.25) is 4.79 Å². The number of carbonyl (C=O) groups excluding carboxylic acids is 1. The summed E-state index contributed by atoms with van der Waals surface area (Å²) >= 11 is 14.4. The van der Waals surface area contributed by atoms with E-state index in [1.165, 1.54) is 9.78 Å². The van der Waals surface area contributed by atoms with E-state index in [2.05, 4.69) is 24.5 Å². The minimum atomic E-state index is -0.557. The summed E-state index contributed by atoms with van der Waals surface area (Å²) in [6.45, 7) is 11.6. The first-order chi connectivity index (χ1) is 18.2. The number of benzene rings is 1. The van der Waals surface area contributed by atoms with Crippen molar-refractivity contribution in [1.29, 1.82) is 0 Å². The van der Waals surface area contributed by atoms with E-state index in [0.717, 1.165) is 62.9 Å². The summed E-state index contributed by atoms with van der Waals surface area (Å²) in [5, 5.41) is 20.1. The highest BCUT2D eigenvalue weighted by Gasteiger charge is 2.53. The number of rotatable bonds is 7. The minimum Gasteiger partial charge on any atom is -0.392 e. The average molecular weight is 583 g/mol. The van der Waals surface area contributed by atoms with Crippen LogP contribution in [0.3, 0.4) is 0 Å². The number of aromatic nitrogens is 1. The number of anilines is 2. The van der Waals surface area contributed by atoms with Gasteiger partial charge in [0.15, 0.2) is 5.13 Å². The van der Waals surface area contributed by atoms with Gasteiger partial charge in [0.25, 0.3) is 0 Å². The Bertz CT molecular complexity index is 1140. The molecule has 1 aromatic heterocycles. The number of quaternary nitrogens is 1. The van der Waals surface area contributed by atoms with Gasteiger partial charge in [-0.25, -0.2) is 4.98 Å². The van der Waals surface area contributed by atoms with Crippen LogP contribution in [0.25, 0.3) is 0 Å². The summed E-state index contributed by atoms with van der Waals surface area (Å²) in [5.74, 6) is -0.133. The molecule has 1 aliphatic heterocycles. The molecule has 4 N–H and O–H groups in total. The maximum Gasteiger partial charge on any atom is 0.223 e. The molecule has 6 atom stereocenters. The quantitative estimate of drug-likeness (QED) is 0.398. The minimum absolute atomic E-state index is 0.0376. The first kappa shape index (κ1) is 28.1. The number of fused-ring (bicyclic) bond motifs is 2. The fourth-order valence-electron chi connectivity index (χ4n) is 6.95. The second-order valence-corrected chi connectivity index (χ2v) is 13.5. The van der Waals surface area contributed by atoms with Gasteiger partial charge < -0.3 is 25.4 Å². The Morgan fingerprint density at radius 1 is 1.32 bits per heavy atom. The highest BCUT2D eigenvalue weighted by molar-refractivity contribution is 7.15. The normalized spacial score (nSPS) is 30.3. The number of aliphatic hydroxyl groups excluding tert-OH is 1. The smallest absolute Gasteiger partial charge is 0.223 e. The molecule has 0 radical (unpaired) electrons. The predicted octanol–water partition coefficient (Wildman–Crippen LogP) is 3.91. The van der Waals surface area contributed by atoms with Gasteiger partial charge in [-0.15, -0.1) is 11.3 Å². The maximum absolute atomic E-state index is 13.1. The zero-order valence-corrected chi connectivity index (χ0v) is 24.7. The number of morpholine rings is 1. The molecule has 7 nitrogen and oxygen atoms in total. The van der Waals surface area contributed by atoms with Gasteiger partial charge in [-0.1, -0.05) is 50.0 Å². The summed E-state index contributed by atoms with van der Waals surface area (Å²) in [6.07, 6.45) is 2.15. The molecule has 38 heavy (non-hydrogen) atoms. The van der Waals surface area contributed by atoms with Crippen LogP contribution < -0.4 is 15.5 Å². The van der Waals surface area contributed by atoms with Gasteiger partial charge in [-0.2, -0.15) is 0 Å². The van der Waals surface area contributed by atoms with E-state index in [9.17, 15) is 9.90 Å². The van der Waals surface area contributed by atoms with E-state index >= 15 is 0 Å². The molecule has 208 valence electrons. The largest absolute Gasteiger partial charge is 0.392 e. The first-order valence-electron chi connectivity index (χ1n) is 13.8. The average Bonchev–Trinajstić information content (AvgIpc) is 3.29. The molecule has 2 heterocycles. The number of ether oxygens (including phenoxy) is 1. The highest BCUT2D eigenvalue weighted by atomic mass is 35.5. The third-order valence-corrected chi connectivity index (χ3v) is 10.8. The molecule has 2 aromatic rings. The molecule has 3 aliphatic rings. The third-order valence-electron chi connectivity index (χ3n) is 9.15. The molecule has 5 rings (SSSR count). The molecule has 2 fully saturated rings. The van der Waals surface area contributed by atoms with Crippen molar-refractivity contribution in [1.82, 2.24) is 10.3 Å². The molecule has 1 amide bonds. The van der Waals surface area contributed by atoms with Crippen LogP contribution in [-0.2, 0) is 16.0 Å². The maximum atomic E-state index is 13.1. The molecule has 1 saturated carbocycles. The molecule has 1 aromatic carbocycles. The number of nitrogens with zero attached hydrogens (tertiary/aromatic N) is 1. The van der Waals surface area contributed by atoms with Gasteiger partial charge in [0.1, 0.15) is 13.1 Å². The van der Waals surface area contributed by atoms with Crippen LogP contribution in [0.4, 0.5) is 10.8 Å². The summed E-state index contributed by atoms with van der Waals surface area (Å²) < 4.78 is 5.42. The second-order valence-electron chi connectivity index (χ2n) is 11.6. The number of nitrogens with one attached hydrogen (secondary N) is 3. The van der Waals surface area contributed by atoms with Crippen LogP contribution in [0.5, 0.6) is 0 Å². The van der Waals surface area contributed by atoms with Gasteiger partial charge in [0.05, 0.1) is 53.8 Å². The van der Waals surface area contributed by atoms with Gasteiger partial charge in [-0.05, 0) is 48.6 Å². The lowest BCUT2D eigenvalue weighted by Crippen LogP contribution is -3.14. The van der Waals surface area contributed by atoms with Crippen LogP contribution >= 0.6 is 34.5 Å². The molecule has 0 spiro atoms. The van der Waals surface area contributed by atoms with E-state index in [4.69, 9.17) is 32.9 Å². The number of hydrogen-bond acceptors (Lipinski definition) is 6. The van der Waals surface area contributed by atoms with Crippen LogP contribution in [0.1, 0.15) is 50.1 Å². The number of aliphatic hydroxyl groups is 1. The Morgan fingerprint density at radius 3 is 2.74 bits per heavy atom. The van der Waals surface area contributed by atoms with E-state index in [-0.39, 0.29) is 35.0 Å². The fourth-order valence-corrected chi connectivity index (χ4v) is 8.71. The first-order valence-corrected chi connectivity index (χ1v) is 15.3. The standard InChI is InChI=1S/C28H38Cl2N4O3S/c1-16(26(36)31-9-10-34-11-13-37-14-12-34)18-7-8-28(3)15-21-23(17(2)22(28)25(18)35)32-27(38-21)33-24-19(29)5-4-6-20(24)30/h4-6,16-18,22,25,35H,7-15H2,1-3H3,(H,31,36)(H,32,33)/p+1/t16-,17-,18+,22+,25-,28-/m0/s1. The van der Waals surface area contributed by atoms with E-state index in [0.29, 0.717) is 22.3 Å². The summed E-state index contributed by atoms with van der Waals surface area (Å²) in [4.78, 5) is 20.8. The van der Waals surface area contributed by atoms with Gasteiger partial charge in [0, 0.05) is 16.7 Å². The van der Waals surface area contributed by atoms with E-state index < -0.39 is 6.10 Å². The monoisotopic (exact) mass is 581 g/mol. The zero-order valence-electron chi connectivity index (χ0n) is 22.4. The lowest BCUT2D eigenvalue weighted by atomic mass is 9.53. The van der Waals surface area contributed by atoms with Crippen molar-refractivity contribution in [3.63, 3.8) is 0 Å². The molecule has 0 unspecified atom stereocenters. The van der Waals surface area contributed by atoms with Gasteiger partial charge in [0.2, 0.25) is 5.91 Å². The molecule has 1 saturated heterocycles. The fraction of sp³-hybridized carbons (Fsp3) is 0.643. The molecule has 0 bridgehead atoms. The Balaban J connectivity index is 1.26. The van der Waals surface area contributed by atoms with Crippen LogP contribution in [0, 0.1) is 23.2 Å². The number of thiazole rings is 1. The summed E-state index contributed by atoms with van der Waals surface area (Å²) in [5.41, 5.74) is 1.66. The van der Waals surface area contributed by atoms with Gasteiger partial charge >= 0.3 is 0 Å². The predicted molar refractivity (Wildman–Crippen MR) is 153 cm³/mol. The highest BCUT2D eigenvalue weighted by Crippen LogP contribution is 2.57. The molecule has 10 heteroatoms. The van der Waals surface area contributed by atoms with Crippen molar-refractivity contribution >= 4 is 51.3 Å². The van der Waals surface area contributed by atoms with Crippen LogP contribution in [-0.4, -0.2) is 61.5 Å². The SMILES string of the molecule is C[C@H](C(=O)NCC[NH+]1CCOCC1)[C@H]1CC[C@@]2(C)Cc3sc(Nc4c(Cl)cccc4Cl)nc3[C@@H](C)[C@@H]2[C@H]1O. The number of hydrogen-bond donors (Lipinski definition) is 4. The van der Waals surface area contributed by atoms with Crippen molar-refractivity contribution in [3.05, 3.63) is 38.8 Å². The third kappa shape index (κ3) is 5.58. The summed E-state index contributed by atoms with van der Waals surface area (Å²) in [6, 6.07) is 5.43. The zero-order chi connectivity index (χ0) is 27.0. The van der Waals surface area contributed by atoms with Crippen LogP contribution in [0.2, 0.25) is 10.0 Å². The Hall–Kier alpha value is -1.42. The van der Waals surface area contributed by atoms with Crippen molar-refractivity contribution in [2.24, 2.45) is 23.2 Å². The molecular weight excluding hydrogens is 543 g/mol. The lowest BCUT2D eigenvalue weighted by Gasteiger charge is -2.53. The number of para-hydroxylation sites is 1. The molecule has 2 aliphatic carbocycles. The van der Waals surface area contributed by atoms with Crippen molar-refractivity contribution in [3.8, 4) is 0 Å². The Morgan fingerprint density at radius 2 is 2.03 bits per heavy atom. The Labute approximate surface area is 239 Å². The topological polar surface area (TPSA) is 87.9 Å². The number of amides is 1. The Kier molecular flexibility index (Phi) is 8.58. The van der Waals surface area contributed by atoms with Crippen molar-refractivity contribution in [2.75, 3.05) is 44.7 Å². The van der Waals surface area contributed by atoms with Crippen molar-refractivity contribution < 1.29 is 19.5 Å². The lowest BCUT2D eigenvalue weighted by molar-refractivity contribution is -0.906. The van der Waals surface area contributed by atoms with Crippen molar-refractivity contribution in [2.45, 2.75) is 52.1 Å². The number of halogens is 2. The molecular formula is C28H39Cl2N4O3S+.